The average Bonchev–Trinajstić information content (AvgIpc) is 2.89. The lowest BCUT2D eigenvalue weighted by atomic mass is 10.1. The molecule has 0 saturated heterocycles. The van der Waals surface area contributed by atoms with Crippen LogP contribution in [0.15, 0.2) is 30.3 Å². The van der Waals surface area contributed by atoms with Crippen molar-refractivity contribution in [3.05, 3.63) is 40.9 Å². The van der Waals surface area contributed by atoms with Crippen molar-refractivity contribution in [1.82, 2.24) is 10.3 Å². The quantitative estimate of drug-likeness (QED) is 0.892. The highest BCUT2D eigenvalue weighted by molar-refractivity contribution is 7.15. The van der Waals surface area contributed by atoms with E-state index in [0.29, 0.717) is 5.13 Å². The molecule has 2 N–H and O–H groups in total. The molecule has 2 aromatic rings. The maximum Gasteiger partial charge on any atom is 0.320 e. The summed E-state index contributed by atoms with van der Waals surface area (Å²) < 4.78 is 0. The molecule has 0 fully saturated rings. The molecule has 2 amide bonds. The Morgan fingerprint density at radius 2 is 2.15 bits per heavy atom. The Bertz CT molecular complexity index is 611. The predicted octanol–water partition coefficient (Wildman–Crippen LogP) is 2.46. The van der Waals surface area contributed by atoms with Crippen LogP contribution >= 0.6 is 11.3 Å². The molecule has 1 aliphatic rings. The van der Waals surface area contributed by atoms with Gasteiger partial charge in [-0.3, -0.25) is 5.32 Å². The number of benzene rings is 1. The summed E-state index contributed by atoms with van der Waals surface area (Å²) in [7, 11) is 1.60. The van der Waals surface area contributed by atoms with Crippen molar-refractivity contribution in [3.8, 4) is 0 Å². The molecule has 3 rings (SSSR count). The first-order valence-corrected chi connectivity index (χ1v) is 7.35. The molecule has 104 valence electrons. The van der Waals surface area contributed by atoms with Crippen LogP contribution in [0, 0.1) is 0 Å². The van der Waals surface area contributed by atoms with Crippen LogP contribution in [0.3, 0.4) is 0 Å². The second-order valence-electron chi connectivity index (χ2n) is 4.60. The Kier molecular flexibility index (Phi) is 3.56. The number of amides is 2. The van der Waals surface area contributed by atoms with E-state index in [2.05, 4.69) is 44.8 Å². The zero-order valence-electron chi connectivity index (χ0n) is 11.2. The number of carbonyl (C=O) groups excluding carboxylic acids is 1. The number of thiazole rings is 1. The lowest BCUT2D eigenvalue weighted by molar-refractivity contribution is 0.254. The molecule has 1 aliphatic heterocycles. The van der Waals surface area contributed by atoms with E-state index in [-0.39, 0.29) is 6.03 Å². The van der Waals surface area contributed by atoms with Crippen molar-refractivity contribution in [2.75, 3.05) is 23.8 Å². The van der Waals surface area contributed by atoms with Crippen LogP contribution < -0.4 is 15.5 Å². The fourth-order valence-electron chi connectivity index (χ4n) is 2.27. The van der Waals surface area contributed by atoms with Gasteiger partial charge in [0.2, 0.25) is 0 Å². The SMILES string of the molecule is CNC(=O)Nc1nc2c(s1)CN(c1ccccc1)CC2. The number of fused-ring (bicyclic) bond motifs is 1. The number of anilines is 2. The number of urea groups is 1. The summed E-state index contributed by atoms with van der Waals surface area (Å²) in [6.45, 7) is 1.81. The van der Waals surface area contributed by atoms with Crippen LogP contribution in [-0.2, 0) is 13.0 Å². The lowest BCUT2D eigenvalue weighted by Gasteiger charge is -2.28. The minimum atomic E-state index is -0.226. The Labute approximate surface area is 121 Å². The number of aromatic nitrogens is 1. The van der Waals surface area contributed by atoms with Gasteiger partial charge in [-0.1, -0.05) is 29.5 Å². The Morgan fingerprint density at radius 3 is 2.90 bits per heavy atom. The van der Waals surface area contributed by atoms with Crippen molar-refractivity contribution in [1.29, 1.82) is 0 Å². The smallest absolute Gasteiger partial charge is 0.320 e. The average molecular weight is 288 g/mol. The molecule has 0 unspecified atom stereocenters. The van der Waals surface area contributed by atoms with Crippen LogP contribution in [0.1, 0.15) is 10.6 Å². The van der Waals surface area contributed by atoms with Crippen LogP contribution in [0.2, 0.25) is 0 Å². The fourth-order valence-corrected chi connectivity index (χ4v) is 3.29. The Hall–Kier alpha value is -2.08. The molecule has 0 radical (unpaired) electrons. The van der Waals surface area contributed by atoms with Crippen LogP contribution in [-0.4, -0.2) is 24.6 Å². The van der Waals surface area contributed by atoms with E-state index in [1.807, 2.05) is 6.07 Å². The molecule has 0 spiro atoms. The van der Waals surface area contributed by atoms with Crippen molar-refractivity contribution in [2.45, 2.75) is 13.0 Å². The molecule has 1 aromatic carbocycles. The second kappa shape index (κ2) is 5.50. The highest BCUT2D eigenvalue weighted by Crippen LogP contribution is 2.30. The normalized spacial score (nSPS) is 13.8. The lowest BCUT2D eigenvalue weighted by Crippen LogP contribution is -2.29. The summed E-state index contributed by atoms with van der Waals surface area (Å²) in [5.41, 5.74) is 2.33. The predicted molar refractivity (Wildman–Crippen MR) is 81.4 cm³/mol. The topological polar surface area (TPSA) is 57.3 Å². The summed E-state index contributed by atoms with van der Waals surface area (Å²) >= 11 is 1.55. The molecular formula is C14H16N4OS. The molecule has 0 atom stereocenters. The summed E-state index contributed by atoms with van der Waals surface area (Å²) in [6.07, 6.45) is 0.913. The van der Waals surface area contributed by atoms with E-state index < -0.39 is 0 Å². The summed E-state index contributed by atoms with van der Waals surface area (Å²) in [6, 6.07) is 10.1. The van der Waals surface area contributed by atoms with Crippen molar-refractivity contribution >= 4 is 28.2 Å². The summed E-state index contributed by atoms with van der Waals surface area (Å²) in [5.74, 6) is 0. The van der Waals surface area contributed by atoms with Gasteiger partial charge in [0, 0.05) is 30.6 Å². The molecule has 0 saturated carbocycles. The number of carbonyl (C=O) groups is 1. The molecule has 5 nitrogen and oxygen atoms in total. The number of nitrogens with one attached hydrogen (secondary N) is 2. The van der Waals surface area contributed by atoms with E-state index in [1.54, 1.807) is 18.4 Å². The third kappa shape index (κ3) is 2.60. The van der Waals surface area contributed by atoms with Gasteiger partial charge in [-0.25, -0.2) is 9.78 Å². The number of hydrogen-bond acceptors (Lipinski definition) is 4. The third-order valence-electron chi connectivity index (χ3n) is 3.30. The van der Waals surface area contributed by atoms with E-state index in [0.717, 1.165) is 25.2 Å². The second-order valence-corrected chi connectivity index (χ2v) is 5.68. The van der Waals surface area contributed by atoms with Crippen molar-refractivity contribution < 1.29 is 4.79 Å². The number of para-hydroxylation sites is 1. The fraction of sp³-hybridized carbons (Fsp3) is 0.286. The van der Waals surface area contributed by atoms with Gasteiger partial charge in [-0.15, -0.1) is 0 Å². The maximum absolute atomic E-state index is 11.3. The highest BCUT2D eigenvalue weighted by atomic mass is 32.1. The van der Waals surface area contributed by atoms with Gasteiger partial charge >= 0.3 is 6.03 Å². The molecule has 0 bridgehead atoms. The maximum atomic E-state index is 11.3. The van der Waals surface area contributed by atoms with Gasteiger partial charge in [0.25, 0.3) is 0 Å². The third-order valence-corrected chi connectivity index (χ3v) is 4.30. The van der Waals surface area contributed by atoms with Gasteiger partial charge in [-0.2, -0.15) is 0 Å². The van der Waals surface area contributed by atoms with Gasteiger partial charge < -0.3 is 10.2 Å². The van der Waals surface area contributed by atoms with Crippen LogP contribution in [0.4, 0.5) is 15.6 Å². The zero-order valence-corrected chi connectivity index (χ0v) is 12.0. The van der Waals surface area contributed by atoms with Crippen LogP contribution in [0.25, 0.3) is 0 Å². The molecule has 20 heavy (non-hydrogen) atoms. The largest absolute Gasteiger partial charge is 0.366 e. The van der Waals surface area contributed by atoms with E-state index >= 15 is 0 Å². The summed E-state index contributed by atoms with van der Waals surface area (Å²) in [4.78, 5) is 19.4. The molecule has 6 heteroatoms. The number of rotatable bonds is 2. The molecular weight excluding hydrogens is 272 g/mol. The first-order chi connectivity index (χ1) is 9.76. The Morgan fingerprint density at radius 1 is 1.35 bits per heavy atom. The number of hydrogen-bond donors (Lipinski definition) is 2. The molecule has 2 heterocycles. The summed E-state index contributed by atoms with van der Waals surface area (Å²) in [5, 5.41) is 5.95. The van der Waals surface area contributed by atoms with Gasteiger partial charge in [0.1, 0.15) is 0 Å². The van der Waals surface area contributed by atoms with E-state index in [1.165, 1.54) is 10.6 Å². The first-order valence-electron chi connectivity index (χ1n) is 6.53. The van der Waals surface area contributed by atoms with Crippen molar-refractivity contribution in [3.63, 3.8) is 0 Å². The standard InChI is InChI=1S/C14H16N4OS/c1-15-13(19)17-14-16-11-7-8-18(9-12(11)20-14)10-5-3-2-4-6-10/h2-6H,7-9H2,1H3,(H2,15,16,17,19). The van der Waals surface area contributed by atoms with Crippen molar-refractivity contribution in [2.24, 2.45) is 0 Å². The van der Waals surface area contributed by atoms with Gasteiger partial charge in [0.05, 0.1) is 12.2 Å². The zero-order chi connectivity index (χ0) is 13.9. The van der Waals surface area contributed by atoms with Crippen LogP contribution in [0.5, 0.6) is 0 Å². The van der Waals surface area contributed by atoms with E-state index in [9.17, 15) is 4.79 Å². The molecule has 0 aliphatic carbocycles. The van der Waals surface area contributed by atoms with Gasteiger partial charge in [0.15, 0.2) is 5.13 Å². The van der Waals surface area contributed by atoms with Gasteiger partial charge in [-0.05, 0) is 12.1 Å². The first kappa shape index (κ1) is 12.9. The monoisotopic (exact) mass is 288 g/mol. The molecule has 1 aromatic heterocycles. The minimum Gasteiger partial charge on any atom is -0.366 e. The Balaban J connectivity index is 1.76. The highest BCUT2D eigenvalue weighted by Gasteiger charge is 2.21. The number of nitrogens with zero attached hydrogens (tertiary/aromatic N) is 2. The minimum absolute atomic E-state index is 0.226. The van der Waals surface area contributed by atoms with E-state index in [4.69, 9.17) is 0 Å².